The highest BCUT2D eigenvalue weighted by Gasteiger charge is 2.46. The summed E-state index contributed by atoms with van der Waals surface area (Å²) in [6.07, 6.45) is 7.18. The second-order valence-corrected chi connectivity index (χ2v) is 18.1. The van der Waals surface area contributed by atoms with E-state index in [2.05, 4.69) is 43.9 Å². The molecule has 9 rings (SSSR count). The number of piperidine rings is 3. The normalized spacial score (nSPS) is 23.6. The third-order valence-electron chi connectivity index (χ3n) is 13.9. The SMILES string of the molecule is [C-]#[N+]c1ccc(N2CC3(CCN(c4ccc(C(=O)N5CCC(CN6CCCc7cc8c(cc7C6)C(=O)N(C6CCC(=O)NC6=O)C8=O)CC5)cc4)CC3)C[C@@H]2C)cc1Cl. The van der Waals surface area contributed by atoms with Gasteiger partial charge in [-0.1, -0.05) is 17.7 Å². The summed E-state index contributed by atoms with van der Waals surface area (Å²) >= 11 is 6.39. The van der Waals surface area contributed by atoms with Gasteiger partial charge in [0.1, 0.15) is 6.04 Å². The number of nitrogens with one attached hydrogen (secondary N) is 1. The molecule has 2 atom stereocenters. The Kier molecular flexibility index (Phi) is 10.5. The van der Waals surface area contributed by atoms with Gasteiger partial charge in [-0.15, -0.1) is 0 Å². The van der Waals surface area contributed by atoms with E-state index in [1.807, 2.05) is 47.4 Å². The lowest BCUT2D eigenvalue weighted by Gasteiger charge is -2.40. The second kappa shape index (κ2) is 15.7. The number of amides is 5. The van der Waals surface area contributed by atoms with Crippen molar-refractivity contribution in [3.8, 4) is 0 Å². The summed E-state index contributed by atoms with van der Waals surface area (Å²) in [6, 6.07) is 17.1. The Morgan fingerprint density at radius 3 is 2.24 bits per heavy atom. The number of hydrogen-bond acceptors (Lipinski definition) is 8. The van der Waals surface area contributed by atoms with E-state index in [4.69, 9.17) is 18.2 Å². The fraction of sp³-hybridized carbons (Fsp3) is 0.478. The highest BCUT2D eigenvalue weighted by Crippen LogP contribution is 2.46. The van der Waals surface area contributed by atoms with Crippen molar-refractivity contribution < 1.29 is 24.0 Å². The molecule has 1 spiro atoms. The Labute approximate surface area is 350 Å². The van der Waals surface area contributed by atoms with Gasteiger partial charge in [-0.3, -0.25) is 39.1 Å². The van der Waals surface area contributed by atoms with Crippen molar-refractivity contribution in [2.75, 3.05) is 55.6 Å². The first-order valence-electron chi connectivity index (χ1n) is 21.2. The molecule has 13 heteroatoms. The van der Waals surface area contributed by atoms with E-state index in [-0.39, 0.29) is 30.1 Å². The molecule has 6 aliphatic heterocycles. The number of halogens is 1. The van der Waals surface area contributed by atoms with Gasteiger partial charge in [0.2, 0.25) is 17.5 Å². The largest absolute Gasteiger partial charge is 0.371 e. The maximum absolute atomic E-state index is 13.7. The van der Waals surface area contributed by atoms with Crippen molar-refractivity contribution in [1.82, 2.24) is 20.0 Å². The zero-order valence-electron chi connectivity index (χ0n) is 33.6. The summed E-state index contributed by atoms with van der Waals surface area (Å²) < 4.78 is 0. The molecule has 3 aromatic carbocycles. The van der Waals surface area contributed by atoms with E-state index >= 15 is 0 Å². The molecule has 6 heterocycles. The Hall–Kier alpha value is -5.25. The number of nitrogens with zero attached hydrogens (tertiary/aromatic N) is 6. The first-order chi connectivity index (χ1) is 28.5. The molecule has 0 saturated carbocycles. The summed E-state index contributed by atoms with van der Waals surface area (Å²) in [7, 11) is 0. The standard InChI is InChI=1S/C46H50ClN7O5/c1-29-25-46(28-53(29)35-9-10-39(48-2)38(47)24-35)15-20-51(21-16-46)34-7-5-31(6-8-34)43(57)52-18-13-30(14-19-52)26-50-17-3-4-32-22-36-37(23-33(32)27-50)45(59)54(44(36)58)40-11-12-41(55)49-42(40)56/h5-10,22-24,29-30,40H,3-4,11-21,25-28H2,1H3,(H,49,55,56)/t29-,40?/m0/s1. The van der Waals surface area contributed by atoms with E-state index in [0.29, 0.717) is 40.3 Å². The maximum atomic E-state index is 13.7. The van der Waals surface area contributed by atoms with Crippen molar-refractivity contribution in [3.63, 3.8) is 0 Å². The van der Waals surface area contributed by atoms with Crippen molar-refractivity contribution in [3.05, 3.63) is 98.9 Å². The van der Waals surface area contributed by atoms with Gasteiger partial charge in [0.15, 0.2) is 0 Å². The molecule has 0 aliphatic carbocycles. The van der Waals surface area contributed by atoms with Crippen molar-refractivity contribution in [1.29, 1.82) is 0 Å². The molecule has 306 valence electrons. The quantitative estimate of drug-likeness (QED) is 0.222. The molecule has 12 nitrogen and oxygen atoms in total. The minimum Gasteiger partial charge on any atom is -0.371 e. The zero-order valence-corrected chi connectivity index (χ0v) is 34.3. The number of hydrogen-bond donors (Lipinski definition) is 1. The monoisotopic (exact) mass is 815 g/mol. The van der Waals surface area contributed by atoms with Crippen molar-refractivity contribution in [2.24, 2.45) is 11.3 Å². The van der Waals surface area contributed by atoms with Gasteiger partial charge in [-0.25, -0.2) is 4.85 Å². The summed E-state index contributed by atoms with van der Waals surface area (Å²) in [5, 5.41) is 2.78. The first kappa shape index (κ1) is 39.2. The maximum Gasteiger partial charge on any atom is 0.262 e. The van der Waals surface area contributed by atoms with Gasteiger partial charge >= 0.3 is 0 Å². The molecule has 0 aromatic heterocycles. The van der Waals surface area contributed by atoms with Crippen LogP contribution in [-0.2, 0) is 22.6 Å². The average molecular weight is 816 g/mol. The average Bonchev–Trinajstić information content (AvgIpc) is 3.58. The molecular weight excluding hydrogens is 766 g/mol. The Balaban J connectivity index is 0.760. The molecule has 0 bridgehead atoms. The number of carbonyl (C=O) groups excluding carboxylic acids is 5. The highest BCUT2D eigenvalue weighted by molar-refractivity contribution is 6.33. The predicted molar refractivity (Wildman–Crippen MR) is 225 cm³/mol. The lowest BCUT2D eigenvalue weighted by atomic mass is 9.76. The highest BCUT2D eigenvalue weighted by atomic mass is 35.5. The van der Waals surface area contributed by atoms with Crippen LogP contribution in [0.15, 0.2) is 54.6 Å². The van der Waals surface area contributed by atoms with Gasteiger partial charge in [0.05, 0.1) is 17.7 Å². The van der Waals surface area contributed by atoms with Crippen LogP contribution in [0.5, 0.6) is 0 Å². The number of carbonyl (C=O) groups is 5. The summed E-state index contributed by atoms with van der Waals surface area (Å²) in [6.45, 7) is 16.5. The van der Waals surface area contributed by atoms with Crippen LogP contribution in [0.1, 0.15) is 100 Å². The molecule has 5 amide bonds. The zero-order chi connectivity index (χ0) is 41.0. The number of aryl methyl sites for hydroxylation is 1. The van der Waals surface area contributed by atoms with E-state index in [1.165, 1.54) is 0 Å². The number of rotatable bonds is 6. The molecule has 4 fully saturated rings. The van der Waals surface area contributed by atoms with Gasteiger partial charge < -0.3 is 14.7 Å². The van der Waals surface area contributed by atoms with Crippen LogP contribution in [0.3, 0.4) is 0 Å². The number of anilines is 2. The number of imide groups is 2. The fourth-order valence-electron chi connectivity index (χ4n) is 10.7. The van der Waals surface area contributed by atoms with E-state index in [9.17, 15) is 24.0 Å². The molecule has 59 heavy (non-hydrogen) atoms. The smallest absolute Gasteiger partial charge is 0.262 e. The van der Waals surface area contributed by atoms with Gasteiger partial charge in [0.25, 0.3) is 17.7 Å². The molecule has 4 saturated heterocycles. The van der Waals surface area contributed by atoms with Gasteiger partial charge in [0, 0.05) is 80.2 Å². The molecule has 3 aromatic rings. The van der Waals surface area contributed by atoms with E-state index < -0.39 is 23.8 Å². The molecule has 1 unspecified atom stereocenters. The summed E-state index contributed by atoms with van der Waals surface area (Å²) in [4.78, 5) is 78.6. The Bertz CT molecular complexity index is 2260. The number of likely N-dealkylation sites (tertiary alicyclic amines) is 1. The lowest BCUT2D eigenvalue weighted by Crippen LogP contribution is -2.54. The van der Waals surface area contributed by atoms with Crippen LogP contribution in [0.4, 0.5) is 17.1 Å². The van der Waals surface area contributed by atoms with Crippen molar-refractivity contribution in [2.45, 2.75) is 83.3 Å². The molecule has 0 radical (unpaired) electrons. The third-order valence-corrected chi connectivity index (χ3v) is 14.2. The number of benzene rings is 3. The predicted octanol–water partition coefficient (Wildman–Crippen LogP) is 6.48. The topological polar surface area (TPSA) is 118 Å². The van der Waals surface area contributed by atoms with Crippen LogP contribution < -0.4 is 15.1 Å². The van der Waals surface area contributed by atoms with Gasteiger partial charge in [-0.05, 0) is 136 Å². The summed E-state index contributed by atoms with van der Waals surface area (Å²) in [5.74, 6) is -1.38. The van der Waals surface area contributed by atoms with Crippen LogP contribution >= 0.6 is 11.6 Å². The summed E-state index contributed by atoms with van der Waals surface area (Å²) in [5.41, 5.74) is 6.51. The minimum absolute atomic E-state index is 0.0836. The molecular formula is C46H50ClN7O5. The molecule has 1 N–H and O–H groups in total. The van der Waals surface area contributed by atoms with E-state index in [0.717, 1.165) is 124 Å². The second-order valence-electron chi connectivity index (χ2n) is 17.7. The van der Waals surface area contributed by atoms with Crippen LogP contribution in [0.2, 0.25) is 5.02 Å². The Morgan fingerprint density at radius 2 is 1.56 bits per heavy atom. The van der Waals surface area contributed by atoms with Crippen LogP contribution in [-0.4, -0.2) is 102 Å². The van der Waals surface area contributed by atoms with Gasteiger partial charge in [-0.2, -0.15) is 0 Å². The fourth-order valence-corrected chi connectivity index (χ4v) is 10.9. The lowest BCUT2D eigenvalue weighted by molar-refractivity contribution is -0.136. The third kappa shape index (κ3) is 7.48. The number of fused-ring (bicyclic) bond motifs is 2. The van der Waals surface area contributed by atoms with Crippen molar-refractivity contribution >= 4 is 58.2 Å². The minimum atomic E-state index is -0.972. The van der Waals surface area contributed by atoms with Crippen LogP contribution in [0, 0.1) is 17.9 Å². The first-order valence-corrected chi connectivity index (χ1v) is 21.5. The Morgan fingerprint density at radius 1 is 0.864 bits per heavy atom. The molecule has 6 aliphatic rings. The van der Waals surface area contributed by atoms with Crippen LogP contribution in [0.25, 0.3) is 4.85 Å². The van der Waals surface area contributed by atoms with E-state index in [1.54, 1.807) is 0 Å².